The molecule has 0 radical (unpaired) electrons. The zero-order chi connectivity index (χ0) is 15.2. The van der Waals surface area contributed by atoms with Crippen molar-refractivity contribution in [2.24, 2.45) is 5.92 Å². The molecule has 0 saturated heterocycles. The van der Waals surface area contributed by atoms with Gasteiger partial charge in [-0.2, -0.15) is 0 Å². The van der Waals surface area contributed by atoms with Gasteiger partial charge in [0.2, 0.25) is 6.79 Å². The van der Waals surface area contributed by atoms with Crippen molar-refractivity contribution in [3.63, 3.8) is 0 Å². The van der Waals surface area contributed by atoms with Crippen molar-refractivity contribution in [1.29, 1.82) is 0 Å². The van der Waals surface area contributed by atoms with E-state index in [9.17, 15) is 9.59 Å². The predicted octanol–water partition coefficient (Wildman–Crippen LogP) is 3.73. The number of hydrogen-bond acceptors (Lipinski definition) is 4. The Balaban J connectivity index is 2.30. The van der Waals surface area contributed by atoms with E-state index in [2.05, 4.69) is 13.8 Å². The molecule has 4 nitrogen and oxygen atoms in total. The molecule has 1 aromatic rings. The van der Waals surface area contributed by atoms with Crippen LogP contribution >= 0.6 is 0 Å². The SMILES string of the molecule is CCCCC(CC)Cc1cccc2c1C(=O)OCOC2=O. The fourth-order valence-electron chi connectivity index (χ4n) is 2.72. The number of hydrogen-bond donors (Lipinski definition) is 0. The highest BCUT2D eigenvalue weighted by molar-refractivity contribution is 6.05. The Kier molecular flexibility index (Phi) is 5.37. The zero-order valence-electron chi connectivity index (χ0n) is 12.7. The molecule has 114 valence electrons. The minimum Gasteiger partial charge on any atom is -0.424 e. The Morgan fingerprint density at radius 2 is 1.90 bits per heavy atom. The van der Waals surface area contributed by atoms with Gasteiger partial charge in [-0.3, -0.25) is 0 Å². The van der Waals surface area contributed by atoms with Gasteiger partial charge in [-0.15, -0.1) is 0 Å². The van der Waals surface area contributed by atoms with Crippen molar-refractivity contribution >= 4 is 11.9 Å². The number of fused-ring (bicyclic) bond motifs is 1. The second-order valence-electron chi connectivity index (χ2n) is 5.44. The van der Waals surface area contributed by atoms with Crippen LogP contribution in [0.5, 0.6) is 0 Å². The topological polar surface area (TPSA) is 52.6 Å². The molecule has 1 unspecified atom stereocenters. The summed E-state index contributed by atoms with van der Waals surface area (Å²) in [5.41, 5.74) is 1.59. The quantitative estimate of drug-likeness (QED) is 0.749. The number of esters is 2. The maximum atomic E-state index is 12.1. The standard InChI is InChI=1S/C17H22O4/c1-3-5-7-12(4-2)10-13-8-6-9-14-15(13)17(19)21-11-20-16(14)18/h6,8-9,12H,3-5,7,10-11H2,1-2H3. The van der Waals surface area contributed by atoms with Gasteiger partial charge in [0.1, 0.15) is 0 Å². The molecule has 0 N–H and O–H groups in total. The predicted molar refractivity (Wildman–Crippen MR) is 79.2 cm³/mol. The first-order valence-electron chi connectivity index (χ1n) is 7.63. The number of unbranched alkanes of at least 4 members (excludes halogenated alkanes) is 1. The molecule has 0 bridgehead atoms. The van der Waals surface area contributed by atoms with Gasteiger partial charge in [0.25, 0.3) is 0 Å². The molecule has 1 aliphatic rings. The van der Waals surface area contributed by atoms with Crippen LogP contribution in [0.3, 0.4) is 0 Å². The van der Waals surface area contributed by atoms with E-state index in [0.29, 0.717) is 17.0 Å². The molecule has 1 aliphatic heterocycles. The Morgan fingerprint density at radius 1 is 1.14 bits per heavy atom. The summed E-state index contributed by atoms with van der Waals surface area (Å²) in [5.74, 6) is -0.431. The van der Waals surface area contributed by atoms with Crippen LogP contribution in [0.4, 0.5) is 0 Å². The summed E-state index contributed by atoms with van der Waals surface area (Å²) in [6.45, 7) is 4.03. The van der Waals surface area contributed by atoms with Gasteiger partial charge in [-0.25, -0.2) is 9.59 Å². The number of carbonyl (C=O) groups excluding carboxylic acids is 2. The number of benzene rings is 1. The lowest BCUT2D eigenvalue weighted by Crippen LogP contribution is -2.13. The molecular formula is C17H22O4. The molecule has 0 saturated carbocycles. The van der Waals surface area contributed by atoms with Gasteiger partial charge >= 0.3 is 11.9 Å². The van der Waals surface area contributed by atoms with Gasteiger partial charge in [-0.1, -0.05) is 51.7 Å². The molecule has 0 fully saturated rings. The van der Waals surface area contributed by atoms with Crippen molar-refractivity contribution in [2.75, 3.05) is 6.79 Å². The fraction of sp³-hybridized carbons (Fsp3) is 0.529. The van der Waals surface area contributed by atoms with E-state index in [0.717, 1.165) is 31.2 Å². The van der Waals surface area contributed by atoms with Crippen LogP contribution in [-0.2, 0) is 15.9 Å². The van der Waals surface area contributed by atoms with Crippen LogP contribution in [0, 0.1) is 5.92 Å². The number of cyclic esters (lactones) is 2. The fourth-order valence-corrected chi connectivity index (χ4v) is 2.72. The number of ether oxygens (including phenoxy) is 2. The third kappa shape index (κ3) is 3.63. The van der Waals surface area contributed by atoms with E-state index in [1.165, 1.54) is 6.42 Å². The maximum Gasteiger partial charge on any atom is 0.342 e. The first-order chi connectivity index (χ1) is 10.2. The summed E-state index contributed by atoms with van der Waals surface area (Å²) in [6.07, 6.45) is 5.33. The number of rotatable bonds is 6. The summed E-state index contributed by atoms with van der Waals surface area (Å²) in [7, 11) is 0. The van der Waals surface area contributed by atoms with Crippen LogP contribution < -0.4 is 0 Å². The Morgan fingerprint density at radius 3 is 2.62 bits per heavy atom. The van der Waals surface area contributed by atoms with Crippen LogP contribution in [0.2, 0.25) is 0 Å². The molecule has 4 heteroatoms. The molecule has 0 aromatic heterocycles. The van der Waals surface area contributed by atoms with E-state index in [1.807, 2.05) is 6.07 Å². The smallest absolute Gasteiger partial charge is 0.342 e. The van der Waals surface area contributed by atoms with Gasteiger partial charge in [0.15, 0.2) is 0 Å². The van der Waals surface area contributed by atoms with Gasteiger partial charge in [-0.05, 0) is 24.0 Å². The summed E-state index contributed by atoms with van der Waals surface area (Å²) in [5, 5.41) is 0. The first kappa shape index (κ1) is 15.5. The molecule has 1 heterocycles. The summed E-state index contributed by atoms with van der Waals surface area (Å²) < 4.78 is 9.82. The highest BCUT2D eigenvalue weighted by Crippen LogP contribution is 2.25. The minimum absolute atomic E-state index is 0.307. The lowest BCUT2D eigenvalue weighted by molar-refractivity contribution is -0.0124. The van der Waals surface area contributed by atoms with E-state index >= 15 is 0 Å². The molecule has 1 atom stereocenters. The van der Waals surface area contributed by atoms with Gasteiger partial charge in [0, 0.05) is 0 Å². The lowest BCUT2D eigenvalue weighted by atomic mass is 9.88. The minimum atomic E-state index is -0.487. The second kappa shape index (κ2) is 7.25. The largest absolute Gasteiger partial charge is 0.424 e. The van der Waals surface area contributed by atoms with Crippen LogP contribution in [0.15, 0.2) is 18.2 Å². The van der Waals surface area contributed by atoms with Crippen molar-refractivity contribution < 1.29 is 19.1 Å². The Labute approximate surface area is 125 Å². The summed E-state index contributed by atoms with van der Waals surface area (Å²) in [4.78, 5) is 24.0. The maximum absolute atomic E-state index is 12.1. The van der Waals surface area contributed by atoms with Crippen LogP contribution in [-0.4, -0.2) is 18.7 Å². The number of carbonyl (C=O) groups is 2. The van der Waals surface area contributed by atoms with E-state index in [-0.39, 0.29) is 6.79 Å². The third-order valence-electron chi connectivity index (χ3n) is 4.01. The summed E-state index contributed by atoms with van der Waals surface area (Å²) >= 11 is 0. The first-order valence-corrected chi connectivity index (χ1v) is 7.63. The van der Waals surface area contributed by atoms with E-state index in [4.69, 9.17) is 9.47 Å². The Hall–Kier alpha value is -1.84. The van der Waals surface area contributed by atoms with Crippen molar-refractivity contribution in [1.82, 2.24) is 0 Å². The van der Waals surface area contributed by atoms with Crippen LogP contribution in [0.1, 0.15) is 65.8 Å². The molecule has 21 heavy (non-hydrogen) atoms. The van der Waals surface area contributed by atoms with Crippen molar-refractivity contribution in [3.05, 3.63) is 34.9 Å². The molecule has 0 amide bonds. The molecule has 0 aliphatic carbocycles. The van der Waals surface area contributed by atoms with Crippen LogP contribution in [0.25, 0.3) is 0 Å². The molecule has 2 rings (SSSR count). The molecule has 1 aromatic carbocycles. The zero-order valence-corrected chi connectivity index (χ0v) is 12.7. The highest BCUT2D eigenvalue weighted by Gasteiger charge is 2.27. The van der Waals surface area contributed by atoms with E-state index in [1.54, 1.807) is 12.1 Å². The monoisotopic (exact) mass is 290 g/mol. The Bertz CT molecular complexity index is 522. The van der Waals surface area contributed by atoms with Crippen molar-refractivity contribution in [2.45, 2.75) is 46.0 Å². The second-order valence-corrected chi connectivity index (χ2v) is 5.44. The third-order valence-corrected chi connectivity index (χ3v) is 4.01. The molecular weight excluding hydrogens is 268 g/mol. The van der Waals surface area contributed by atoms with Gasteiger partial charge < -0.3 is 9.47 Å². The highest BCUT2D eigenvalue weighted by atomic mass is 16.7. The normalized spacial score (nSPS) is 15.7. The van der Waals surface area contributed by atoms with Crippen molar-refractivity contribution in [3.8, 4) is 0 Å². The van der Waals surface area contributed by atoms with E-state index < -0.39 is 11.9 Å². The average molecular weight is 290 g/mol. The van der Waals surface area contributed by atoms with Gasteiger partial charge in [0.05, 0.1) is 11.1 Å². The molecule has 0 spiro atoms. The summed E-state index contributed by atoms with van der Waals surface area (Å²) in [6, 6.07) is 5.34. The lowest BCUT2D eigenvalue weighted by Gasteiger charge is -2.16. The average Bonchev–Trinajstić information content (AvgIpc) is 2.64.